The standard InChI is InChI=1S/C10H18N4O2S2/c1-14(7-3-6-11)18(15,16)13-10-12-8-4-2-5-9(8)17-10/h2-7,11H2,1H3,(H,12,13). The smallest absolute Gasteiger partial charge is 0.303 e. The highest BCUT2D eigenvalue weighted by Gasteiger charge is 2.22. The minimum absolute atomic E-state index is 0.414. The number of anilines is 1. The lowest BCUT2D eigenvalue weighted by atomic mass is 10.4. The van der Waals surface area contributed by atoms with E-state index in [2.05, 4.69) is 9.71 Å². The molecule has 1 aromatic rings. The summed E-state index contributed by atoms with van der Waals surface area (Å²) in [6, 6.07) is 0. The van der Waals surface area contributed by atoms with E-state index in [0.717, 1.165) is 25.0 Å². The minimum atomic E-state index is -3.50. The number of aromatic nitrogens is 1. The Morgan fingerprint density at radius 2 is 2.28 bits per heavy atom. The first-order chi connectivity index (χ1) is 8.53. The zero-order valence-electron chi connectivity index (χ0n) is 10.3. The van der Waals surface area contributed by atoms with Crippen LogP contribution in [0.5, 0.6) is 0 Å². The first kappa shape index (κ1) is 13.7. The largest absolute Gasteiger partial charge is 0.330 e. The predicted octanol–water partition coefficient (Wildman–Crippen LogP) is 0.569. The molecule has 2 rings (SSSR count). The normalized spacial score (nSPS) is 15.1. The van der Waals surface area contributed by atoms with Crippen LogP contribution in [0.15, 0.2) is 0 Å². The van der Waals surface area contributed by atoms with Gasteiger partial charge in [-0.25, -0.2) is 9.71 Å². The van der Waals surface area contributed by atoms with Crippen LogP contribution in [0.25, 0.3) is 0 Å². The van der Waals surface area contributed by atoms with Gasteiger partial charge in [-0.2, -0.15) is 12.7 Å². The number of aryl methyl sites for hydroxylation is 2. The lowest BCUT2D eigenvalue weighted by Crippen LogP contribution is -2.34. The van der Waals surface area contributed by atoms with E-state index >= 15 is 0 Å². The zero-order valence-corrected chi connectivity index (χ0v) is 12.0. The molecule has 8 heteroatoms. The van der Waals surface area contributed by atoms with Gasteiger partial charge in [-0.15, -0.1) is 11.3 Å². The van der Waals surface area contributed by atoms with Crippen LogP contribution in [0.2, 0.25) is 0 Å². The summed E-state index contributed by atoms with van der Waals surface area (Å²) < 4.78 is 27.7. The van der Waals surface area contributed by atoms with Crippen LogP contribution in [-0.4, -0.2) is 37.8 Å². The molecule has 0 fully saturated rings. The second-order valence-electron chi connectivity index (χ2n) is 4.31. The van der Waals surface area contributed by atoms with Crippen LogP contribution in [0, 0.1) is 0 Å². The van der Waals surface area contributed by atoms with Gasteiger partial charge < -0.3 is 5.73 Å². The maximum absolute atomic E-state index is 12.0. The highest BCUT2D eigenvalue weighted by Crippen LogP contribution is 2.30. The van der Waals surface area contributed by atoms with Crippen molar-refractivity contribution in [2.45, 2.75) is 25.7 Å². The van der Waals surface area contributed by atoms with Crippen molar-refractivity contribution in [2.24, 2.45) is 5.73 Å². The number of nitrogens with one attached hydrogen (secondary N) is 1. The van der Waals surface area contributed by atoms with Crippen molar-refractivity contribution < 1.29 is 8.42 Å². The Morgan fingerprint density at radius 1 is 1.50 bits per heavy atom. The number of fused-ring (bicyclic) bond motifs is 1. The van der Waals surface area contributed by atoms with Gasteiger partial charge in [0.25, 0.3) is 0 Å². The van der Waals surface area contributed by atoms with Gasteiger partial charge in [0.2, 0.25) is 0 Å². The molecule has 0 unspecified atom stereocenters. The number of hydrogen-bond donors (Lipinski definition) is 2. The summed E-state index contributed by atoms with van der Waals surface area (Å²) in [5, 5.41) is 0.472. The summed E-state index contributed by atoms with van der Waals surface area (Å²) in [5.41, 5.74) is 6.41. The number of thiazole rings is 1. The highest BCUT2D eigenvalue weighted by molar-refractivity contribution is 7.90. The summed E-state index contributed by atoms with van der Waals surface area (Å²) in [4.78, 5) is 5.52. The molecule has 0 atom stereocenters. The Hall–Kier alpha value is -0.700. The molecular formula is C10H18N4O2S2. The molecular weight excluding hydrogens is 272 g/mol. The third kappa shape index (κ3) is 3.00. The molecule has 18 heavy (non-hydrogen) atoms. The maximum atomic E-state index is 12.0. The first-order valence-corrected chi connectivity index (χ1v) is 8.21. The van der Waals surface area contributed by atoms with E-state index < -0.39 is 10.2 Å². The van der Waals surface area contributed by atoms with Crippen molar-refractivity contribution in [1.29, 1.82) is 0 Å². The molecule has 0 saturated carbocycles. The second kappa shape index (κ2) is 5.52. The van der Waals surface area contributed by atoms with Crippen LogP contribution >= 0.6 is 11.3 Å². The van der Waals surface area contributed by atoms with Crippen molar-refractivity contribution in [3.63, 3.8) is 0 Å². The average molecular weight is 290 g/mol. The summed E-state index contributed by atoms with van der Waals surface area (Å²) in [6.07, 6.45) is 3.73. The molecule has 6 nitrogen and oxygen atoms in total. The van der Waals surface area contributed by atoms with E-state index in [-0.39, 0.29) is 0 Å². The van der Waals surface area contributed by atoms with Crippen molar-refractivity contribution in [1.82, 2.24) is 9.29 Å². The molecule has 1 heterocycles. The van der Waals surface area contributed by atoms with Gasteiger partial charge >= 0.3 is 10.2 Å². The Labute approximate surface area is 111 Å². The molecule has 0 aliphatic heterocycles. The van der Waals surface area contributed by atoms with Crippen molar-refractivity contribution >= 4 is 26.7 Å². The summed E-state index contributed by atoms with van der Waals surface area (Å²) in [5.74, 6) is 0. The van der Waals surface area contributed by atoms with E-state index in [1.165, 1.54) is 20.5 Å². The molecule has 3 N–H and O–H groups in total. The third-order valence-electron chi connectivity index (χ3n) is 2.90. The molecule has 0 aromatic carbocycles. The molecule has 0 radical (unpaired) electrons. The Bertz CT molecular complexity index is 490. The van der Waals surface area contributed by atoms with Crippen molar-refractivity contribution in [3.8, 4) is 0 Å². The lowest BCUT2D eigenvalue weighted by molar-refractivity contribution is 0.468. The van der Waals surface area contributed by atoms with Crippen LogP contribution in [0.4, 0.5) is 5.13 Å². The minimum Gasteiger partial charge on any atom is -0.330 e. The number of hydrogen-bond acceptors (Lipinski definition) is 5. The van der Waals surface area contributed by atoms with Gasteiger partial charge in [-0.3, -0.25) is 0 Å². The van der Waals surface area contributed by atoms with Crippen LogP contribution in [0.1, 0.15) is 23.4 Å². The summed E-state index contributed by atoms with van der Waals surface area (Å²) >= 11 is 1.44. The maximum Gasteiger partial charge on any atom is 0.303 e. The molecule has 1 aliphatic rings. The van der Waals surface area contributed by atoms with Gasteiger partial charge in [0.1, 0.15) is 0 Å². The van der Waals surface area contributed by atoms with Crippen LogP contribution in [-0.2, 0) is 23.1 Å². The quantitative estimate of drug-likeness (QED) is 0.801. The van der Waals surface area contributed by atoms with Gasteiger partial charge in [0.05, 0.1) is 5.69 Å². The topological polar surface area (TPSA) is 88.3 Å². The molecule has 0 amide bonds. The fourth-order valence-electron chi connectivity index (χ4n) is 1.86. The molecule has 1 aromatic heterocycles. The zero-order chi connectivity index (χ0) is 13.2. The van der Waals surface area contributed by atoms with Gasteiger partial charge in [-0.1, -0.05) is 0 Å². The van der Waals surface area contributed by atoms with Gasteiger partial charge in [-0.05, 0) is 32.2 Å². The monoisotopic (exact) mass is 290 g/mol. The van der Waals surface area contributed by atoms with Crippen molar-refractivity contribution in [3.05, 3.63) is 10.6 Å². The highest BCUT2D eigenvalue weighted by atomic mass is 32.2. The Balaban J connectivity index is 2.02. The van der Waals surface area contributed by atoms with E-state index in [1.807, 2.05) is 0 Å². The fraction of sp³-hybridized carbons (Fsp3) is 0.700. The third-order valence-corrected chi connectivity index (χ3v) is 5.56. The SMILES string of the molecule is CN(CCCN)S(=O)(=O)Nc1nc2c(s1)CCC2. The molecule has 0 bridgehead atoms. The molecule has 0 saturated heterocycles. The number of nitrogens with zero attached hydrogens (tertiary/aromatic N) is 2. The van der Waals surface area contributed by atoms with E-state index in [4.69, 9.17) is 5.73 Å². The Kier molecular flexibility index (Phi) is 4.21. The fourth-order valence-corrected chi connectivity index (χ4v) is 4.03. The van der Waals surface area contributed by atoms with Gasteiger partial charge in [0.15, 0.2) is 5.13 Å². The predicted molar refractivity (Wildman–Crippen MR) is 73.0 cm³/mol. The Morgan fingerprint density at radius 3 is 2.94 bits per heavy atom. The average Bonchev–Trinajstić information content (AvgIpc) is 2.85. The van der Waals surface area contributed by atoms with Gasteiger partial charge in [0, 0.05) is 18.5 Å². The molecule has 0 spiro atoms. The van der Waals surface area contributed by atoms with E-state index in [9.17, 15) is 8.42 Å². The summed E-state index contributed by atoms with van der Waals surface area (Å²) in [6.45, 7) is 0.891. The lowest BCUT2D eigenvalue weighted by Gasteiger charge is -2.16. The second-order valence-corrected chi connectivity index (χ2v) is 7.17. The van der Waals surface area contributed by atoms with Crippen LogP contribution < -0.4 is 10.5 Å². The number of nitrogens with two attached hydrogens (primary N) is 1. The van der Waals surface area contributed by atoms with E-state index in [0.29, 0.717) is 24.6 Å². The number of rotatable bonds is 6. The molecule has 1 aliphatic carbocycles. The molecule has 102 valence electrons. The summed E-state index contributed by atoms with van der Waals surface area (Å²) in [7, 11) is -1.96. The van der Waals surface area contributed by atoms with Crippen LogP contribution in [0.3, 0.4) is 0 Å². The van der Waals surface area contributed by atoms with E-state index in [1.54, 1.807) is 7.05 Å². The first-order valence-electron chi connectivity index (χ1n) is 5.95. The van der Waals surface area contributed by atoms with Crippen molar-refractivity contribution in [2.75, 3.05) is 24.9 Å².